The van der Waals surface area contributed by atoms with Gasteiger partial charge in [-0.3, -0.25) is 5.32 Å². The third-order valence-corrected chi connectivity index (χ3v) is 3.99. The lowest BCUT2D eigenvalue weighted by atomic mass is 10.2. The fourth-order valence-electron chi connectivity index (χ4n) is 2.94. The van der Waals surface area contributed by atoms with Gasteiger partial charge in [-0.05, 0) is 56.5 Å². The Morgan fingerprint density at radius 2 is 2.29 bits per heavy atom. The molecule has 24 heavy (non-hydrogen) atoms. The minimum atomic E-state index is -0.195. The fourth-order valence-corrected chi connectivity index (χ4v) is 2.94. The number of amides is 2. The molecule has 1 aliphatic rings. The van der Waals surface area contributed by atoms with Gasteiger partial charge in [-0.1, -0.05) is 0 Å². The van der Waals surface area contributed by atoms with Gasteiger partial charge in [0.15, 0.2) is 0 Å². The second kappa shape index (κ2) is 7.49. The number of nitrogens with zero attached hydrogens (tertiary/aromatic N) is 2. The minimum Gasteiger partial charge on any atom is -0.467 e. The maximum absolute atomic E-state index is 12.7. The maximum atomic E-state index is 12.7. The van der Waals surface area contributed by atoms with E-state index < -0.39 is 0 Å². The van der Waals surface area contributed by atoms with Crippen molar-refractivity contribution in [3.63, 3.8) is 0 Å². The number of pyridine rings is 1. The number of nitrogens with one attached hydrogen (secondary N) is 1. The molecule has 3 heterocycles. The van der Waals surface area contributed by atoms with Crippen molar-refractivity contribution in [3.05, 3.63) is 47.5 Å². The summed E-state index contributed by atoms with van der Waals surface area (Å²) in [5.41, 5.74) is 1.94. The quantitative estimate of drug-likeness (QED) is 0.911. The summed E-state index contributed by atoms with van der Waals surface area (Å²) in [7, 11) is 0. The van der Waals surface area contributed by atoms with Gasteiger partial charge in [0.05, 0.1) is 18.9 Å². The average molecular weight is 329 g/mol. The van der Waals surface area contributed by atoms with Crippen molar-refractivity contribution in [3.8, 4) is 0 Å². The van der Waals surface area contributed by atoms with Crippen LogP contribution >= 0.6 is 0 Å². The van der Waals surface area contributed by atoms with Gasteiger partial charge in [0, 0.05) is 18.8 Å². The summed E-state index contributed by atoms with van der Waals surface area (Å²) in [4.78, 5) is 18.8. The zero-order chi connectivity index (χ0) is 16.9. The zero-order valence-electron chi connectivity index (χ0n) is 14.1. The molecule has 1 aliphatic heterocycles. The number of aryl methyl sites for hydroxylation is 2. The van der Waals surface area contributed by atoms with Gasteiger partial charge < -0.3 is 14.1 Å². The Morgan fingerprint density at radius 3 is 2.96 bits per heavy atom. The van der Waals surface area contributed by atoms with Crippen LogP contribution in [0.2, 0.25) is 0 Å². The average Bonchev–Trinajstić information content (AvgIpc) is 3.19. The number of urea groups is 1. The highest BCUT2D eigenvalue weighted by Gasteiger charge is 2.23. The Morgan fingerprint density at radius 1 is 1.42 bits per heavy atom. The van der Waals surface area contributed by atoms with E-state index >= 15 is 0 Å². The molecule has 0 saturated carbocycles. The Balaban J connectivity index is 1.71. The van der Waals surface area contributed by atoms with E-state index in [1.54, 1.807) is 11.2 Å². The minimum absolute atomic E-state index is 0.0814. The third kappa shape index (κ3) is 4.35. The molecule has 0 bridgehead atoms. The summed E-state index contributed by atoms with van der Waals surface area (Å²) in [5, 5.41) is 2.89. The first kappa shape index (κ1) is 16.5. The predicted molar refractivity (Wildman–Crippen MR) is 90.8 cm³/mol. The standard InChI is InChI=1S/C18H23N3O3/c1-13-9-14(2)19-17(10-13)20-18(22)21(11-15-5-3-7-23-15)12-16-6-4-8-24-16/h3,5,7,9-10,16H,4,6,8,11-12H2,1-2H3,(H,19,20,22). The molecule has 0 aliphatic carbocycles. The van der Waals surface area contributed by atoms with E-state index in [1.165, 1.54) is 0 Å². The third-order valence-electron chi connectivity index (χ3n) is 3.99. The molecule has 3 rings (SSSR count). The van der Waals surface area contributed by atoms with E-state index in [9.17, 15) is 4.79 Å². The summed E-state index contributed by atoms with van der Waals surface area (Å²) in [5.74, 6) is 1.31. The summed E-state index contributed by atoms with van der Waals surface area (Å²) >= 11 is 0. The summed E-state index contributed by atoms with van der Waals surface area (Å²) in [6.07, 6.45) is 3.71. The van der Waals surface area contributed by atoms with Gasteiger partial charge in [0.1, 0.15) is 11.6 Å². The van der Waals surface area contributed by atoms with Crippen LogP contribution in [0, 0.1) is 13.8 Å². The topological polar surface area (TPSA) is 67.6 Å². The SMILES string of the molecule is Cc1cc(C)nc(NC(=O)N(Cc2ccco2)CC2CCCO2)c1. The molecule has 1 saturated heterocycles. The second-order valence-corrected chi connectivity index (χ2v) is 6.20. The van der Waals surface area contributed by atoms with Crippen molar-refractivity contribution in [2.24, 2.45) is 0 Å². The van der Waals surface area contributed by atoms with Crippen LogP contribution in [0.15, 0.2) is 34.9 Å². The summed E-state index contributed by atoms with van der Waals surface area (Å²) < 4.78 is 11.1. The number of anilines is 1. The van der Waals surface area contributed by atoms with E-state index in [0.29, 0.717) is 18.9 Å². The monoisotopic (exact) mass is 329 g/mol. The molecule has 1 fully saturated rings. The Hall–Kier alpha value is -2.34. The lowest BCUT2D eigenvalue weighted by Crippen LogP contribution is -2.39. The van der Waals surface area contributed by atoms with Gasteiger partial charge in [-0.2, -0.15) is 0 Å². The fraction of sp³-hybridized carbons (Fsp3) is 0.444. The van der Waals surface area contributed by atoms with Crippen LogP contribution in [-0.4, -0.2) is 35.2 Å². The molecule has 0 radical (unpaired) electrons. The number of carbonyl (C=O) groups is 1. The molecule has 1 atom stereocenters. The van der Waals surface area contributed by atoms with Crippen LogP contribution in [-0.2, 0) is 11.3 Å². The molecule has 6 heteroatoms. The van der Waals surface area contributed by atoms with Crippen molar-refractivity contribution in [1.82, 2.24) is 9.88 Å². The summed E-state index contributed by atoms with van der Waals surface area (Å²) in [6.45, 7) is 5.60. The number of hydrogen-bond donors (Lipinski definition) is 1. The lowest BCUT2D eigenvalue weighted by Gasteiger charge is -2.24. The van der Waals surface area contributed by atoms with E-state index in [0.717, 1.165) is 36.5 Å². The van der Waals surface area contributed by atoms with E-state index in [4.69, 9.17) is 9.15 Å². The smallest absolute Gasteiger partial charge is 0.323 e. The molecule has 1 N–H and O–H groups in total. The lowest BCUT2D eigenvalue weighted by molar-refractivity contribution is 0.0802. The Labute approximate surface area is 141 Å². The van der Waals surface area contributed by atoms with Gasteiger partial charge in [-0.15, -0.1) is 0 Å². The highest BCUT2D eigenvalue weighted by Crippen LogP contribution is 2.17. The number of ether oxygens (including phenoxy) is 1. The normalized spacial score (nSPS) is 17.0. The zero-order valence-corrected chi connectivity index (χ0v) is 14.1. The van der Waals surface area contributed by atoms with E-state index in [2.05, 4.69) is 10.3 Å². The van der Waals surface area contributed by atoms with Crippen LogP contribution in [0.25, 0.3) is 0 Å². The molecule has 2 aromatic heterocycles. The number of aromatic nitrogens is 1. The molecule has 1 unspecified atom stereocenters. The molecular formula is C18H23N3O3. The number of hydrogen-bond acceptors (Lipinski definition) is 4. The van der Waals surface area contributed by atoms with Crippen molar-refractivity contribution in [2.75, 3.05) is 18.5 Å². The molecule has 0 spiro atoms. The molecule has 128 valence electrons. The van der Waals surface area contributed by atoms with Gasteiger partial charge in [0.25, 0.3) is 0 Å². The highest BCUT2D eigenvalue weighted by atomic mass is 16.5. The number of carbonyl (C=O) groups excluding carboxylic acids is 1. The largest absolute Gasteiger partial charge is 0.467 e. The van der Waals surface area contributed by atoms with Gasteiger partial charge in [-0.25, -0.2) is 9.78 Å². The summed E-state index contributed by atoms with van der Waals surface area (Å²) in [6, 6.07) is 7.33. The predicted octanol–water partition coefficient (Wildman–Crippen LogP) is 3.50. The first-order valence-electron chi connectivity index (χ1n) is 8.25. The van der Waals surface area contributed by atoms with Crippen molar-refractivity contribution in [1.29, 1.82) is 0 Å². The van der Waals surface area contributed by atoms with Gasteiger partial charge >= 0.3 is 6.03 Å². The second-order valence-electron chi connectivity index (χ2n) is 6.20. The van der Waals surface area contributed by atoms with Crippen LogP contribution in [0.4, 0.5) is 10.6 Å². The highest BCUT2D eigenvalue weighted by molar-refractivity contribution is 5.88. The number of furan rings is 1. The Kier molecular flexibility index (Phi) is 5.15. The van der Waals surface area contributed by atoms with Crippen LogP contribution in [0.5, 0.6) is 0 Å². The van der Waals surface area contributed by atoms with Crippen LogP contribution < -0.4 is 5.32 Å². The Bertz CT molecular complexity index is 659. The van der Waals surface area contributed by atoms with Crippen LogP contribution in [0.3, 0.4) is 0 Å². The molecule has 2 aromatic rings. The maximum Gasteiger partial charge on any atom is 0.323 e. The van der Waals surface area contributed by atoms with E-state index in [1.807, 2.05) is 38.1 Å². The van der Waals surface area contributed by atoms with Gasteiger partial charge in [0.2, 0.25) is 0 Å². The first-order chi connectivity index (χ1) is 11.6. The number of rotatable bonds is 5. The van der Waals surface area contributed by atoms with Crippen molar-refractivity contribution >= 4 is 11.8 Å². The van der Waals surface area contributed by atoms with Crippen molar-refractivity contribution in [2.45, 2.75) is 39.3 Å². The molecule has 0 aromatic carbocycles. The van der Waals surface area contributed by atoms with Crippen LogP contribution in [0.1, 0.15) is 29.9 Å². The molecule has 6 nitrogen and oxygen atoms in total. The van der Waals surface area contributed by atoms with Crippen molar-refractivity contribution < 1.29 is 13.9 Å². The molecule has 2 amide bonds. The first-order valence-corrected chi connectivity index (χ1v) is 8.25. The molecular weight excluding hydrogens is 306 g/mol. The van der Waals surface area contributed by atoms with E-state index in [-0.39, 0.29) is 12.1 Å².